The first-order valence-corrected chi connectivity index (χ1v) is 2.86. The number of benzene rings is 1. The van der Waals surface area contributed by atoms with Crippen LogP contribution in [0.3, 0.4) is 0 Å². The third-order valence-corrected chi connectivity index (χ3v) is 1.06. The summed E-state index contributed by atoms with van der Waals surface area (Å²) in [4.78, 5) is 0. The molecule has 10 heavy (non-hydrogen) atoms. The fourth-order valence-corrected chi connectivity index (χ4v) is 0.712. The van der Waals surface area contributed by atoms with Crippen LogP contribution in [0.5, 0.6) is 0 Å². The van der Waals surface area contributed by atoms with E-state index in [0.717, 1.165) is 11.2 Å². The van der Waals surface area contributed by atoms with Crippen LogP contribution < -0.4 is 0 Å². The van der Waals surface area contributed by atoms with Crippen molar-refractivity contribution in [2.75, 3.05) is 0 Å². The summed E-state index contributed by atoms with van der Waals surface area (Å²) < 4.78 is 5.08. The number of hydrogen-bond acceptors (Lipinski definition) is 3. The van der Waals surface area contributed by atoms with Crippen LogP contribution in [-0.2, 0) is 0 Å². The molecule has 3 nitrogen and oxygen atoms in total. The van der Waals surface area contributed by atoms with E-state index in [1.807, 2.05) is 24.3 Å². The first-order chi connectivity index (χ1) is 4.86. The molecule has 2 N–H and O–H groups in total. The Morgan fingerprint density at radius 2 is 1.30 bits per heavy atom. The van der Waals surface area contributed by atoms with Crippen LogP contribution in [0.2, 0.25) is 0 Å². The molecule has 2 rings (SSSR count). The molecule has 0 radical (unpaired) electrons. The summed E-state index contributed by atoms with van der Waals surface area (Å²) in [6.07, 6.45) is 0. The molecule has 2 bridgehead atoms. The highest BCUT2D eigenvalue weighted by Crippen LogP contribution is 2.13. The fourth-order valence-electron chi connectivity index (χ4n) is 0.712. The average Bonchev–Trinajstić information content (AvgIpc) is 2.49. The molecule has 0 fully saturated rings. The second-order valence-electron chi connectivity index (χ2n) is 1.71. The van der Waals surface area contributed by atoms with Gasteiger partial charge in [0.05, 0.1) is 0 Å². The van der Waals surface area contributed by atoms with Gasteiger partial charge in [0.2, 0.25) is 0 Å². The van der Waals surface area contributed by atoms with Gasteiger partial charge in [0.1, 0.15) is 11.2 Å². The van der Waals surface area contributed by atoms with Gasteiger partial charge in [-0.05, 0) is 24.3 Å². The fraction of sp³-hybridized carbons (Fsp3) is 0. The zero-order valence-electron chi connectivity index (χ0n) is 5.32. The third kappa shape index (κ3) is 1.49. The van der Waals surface area contributed by atoms with Crippen molar-refractivity contribution in [1.29, 1.82) is 0 Å². The number of furan rings is 2. The lowest BCUT2D eigenvalue weighted by Gasteiger charge is -1.60. The van der Waals surface area contributed by atoms with E-state index in [-0.39, 0.29) is 0 Å². The highest BCUT2D eigenvalue weighted by Gasteiger charge is 1.91. The molecule has 0 saturated carbocycles. The maximum atomic E-state index is 7.12. The van der Waals surface area contributed by atoms with Gasteiger partial charge in [-0.25, -0.2) is 0 Å². The maximum absolute atomic E-state index is 7.12. The Labute approximate surface area is 58.5 Å². The second kappa shape index (κ2) is 3.24. The van der Waals surface area contributed by atoms with Crippen LogP contribution in [-0.4, -0.2) is 17.7 Å². The normalized spacial score (nSPS) is 9.00. The number of hydrogen-bond donors (Lipinski definition) is 2. The topological polar surface area (TPSA) is 53.6 Å². The van der Waals surface area contributed by atoms with E-state index in [4.69, 9.17) is 14.5 Å². The summed E-state index contributed by atoms with van der Waals surface area (Å²) in [6, 6.07) is 7.81. The van der Waals surface area contributed by atoms with E-state index in [2.05, 4.69) is 0 Å². The number of rotatable bonds is 0. The minimum absolute atomic E-state index is 0.750. The van der Waals surface area contributed by atoms with E-state index >= 15 is 0 Å². The molecular formula is C6H7BO3. The molecular weight excluding hydrogens is 131 g/mol. The molecule has 2 aromatic rings. The largest absolute Gasteiger partial charge is 0.457 e. The summed E-state index contributed by atoms with van der Waals surface area (Å²) in [6.45, 7) is 0. The lowest BCUT2D eigenvalue weighted by atomic mass is 10.4. The average molecular weight is 138 g/mol. The Kier molecular flexibility index (Phi) is 2.31. The number of fused-ring (bicyclic) bond motifs is 2. The zero-order valence-corrected chi connectivity index (χ0v) is 5.32. The quantitative estimate of drug-likeness (QED) is 0.508. The molecule has 0 saturated heterocycles. The summed E-state index contributed by atoms with van der Waals surface area (Å²) in [5, 5.41) is 14.2. The van der Waals surface area contributed by atoms with Crippen molar-refractivity contribution >= 4 is 18.9 Å². The Balaban J connectivity index is 0.000000148. The van der Waals surface area contributed by atoms with E-state index in [1.165, 1.54) is 0 Å². The van der Waals surface area contributed by atoms with Gasteiger partial charge in [-0.2, -0.15) is 0 Å². The smallest absolute Gasteiger partial charge is 0.432 e. The molecule has 4 heteroatoms. The summed E-state index contributed by atoms with van der Waals surface area (Å²) in [5.74, 6) is 0. The monoisotopic (exact) mass is 138 g/mol. The Hall–Kier alpha value is -0.995. The van der Waals surface area contributed by atoms with Crippen molar-refractivity contribution in [2.24, 2.45) is 0 Å². The highest BCUT2D eigenvalue weighted by atomic mass is 16.4. The lowest BCUT2D eigenvalue weighted by Crippen LogP contribution is -1.75. The third-order valence-electron chi connectivity index (χ3n) is 1.06. The van der Waals surface area contributed by atoms with Crippen molar-refractivity contribution in [1.82, 2.24) is 0 Å². The zero-order chi connectivity index (χ0) is 7.40. The van der Waals surface area contributed by atoms with Gasteiger partial charge in [-0.1, -0.05) is 0 Å². The van der Waals surface area contributed by atoms with Crippen molar-refractivity contribution in [3.8, 4) is 0 Å². The van der Waals surface area contributed by atoms with Gasteiger partial charge in [0.15, 0.2) is 0 Å². The van der Waals surface area contributed by atoms with Crippen LogP contribution in [0, 0.1) is 0 Å². The molecule has 0 spiro atoms. The summed E-state index contributed by atoms with van der Waals surface area (Å²) >= 11 is 0. The van der Waals surface area contributed by atoms with Crippen molar-refractivity contribution < 1.29 is 14.5 Å². The molecule has 0 amide bonds. The van der Waals surface area contributed by atoms with E-state index in [1.54, 1.807) is 0 Å². The van der Waals surface area contributed by atoms with E-state index in [0.29, 0.717) is 0 Å². The van der Waals surface area contributed by atoms with Crippen molar-refractivity contribution in [3.05, 3.63) is 24.3 Å². The predicted octanol–water partition coefficient (Wildman–Crippen LogP) is 0.108. The molecule has 0 atom stereocenters. The van der Waals surface area contributed by atoms with Gasteiger partial charge in [0, 0.05) is 0 Å². The van der Waals surface area contributed by atoms with Crippen LogP contribution in [0.25, 0.3) is 11.2 Å². The highest BCUT2D eigenvalue weighted by molar-refractivity contribution is 6.13. The molecule has 0 aliphatic rings. The van der Waals surface area contributed by atoms with Gasteiger partial charge in [0.25, 0.3) is 0 Å². The van der Waals surface area contributed by atoms with Gasteiger partial charge >= 0.3 is 7.69 Å². The van der Waals surface area contributed by atoms with E-state index in [9.17, 15) is 0 Å². The van der Waals surface area contributed by atoms with Crippen LogP contribution in [0.1, 0.15) is 0 Å². The van der Waals surface area contributed by atoms with Gasteiger partial charge in [-0.15, -0.1) is 0 Å². The van der Waals surface area contributed by atoms with E-state index < -0.39 is 7.69 Å². The first-order valence-electron chi connectivity index (χ1n) is 2.86. The molecule has 0 aliphatic heterocycles. The first kappa shape index (κ1) is 7.12. The summed E-state index contributed by atoms with van der Waals surface area (Å²) in [5.41, 5.74) is 1.94. The molecule has 0 aliphatic carbocycles. The minimum atomic E-state index is -0.750. The SMILES string of the molecule is OBO.c1cc2ccc1o2. The van der Waals surface area contributed by atoms with Crippen molar-refractivity contribution in [3.63, 3.8) is 0 Å². The second-order valence-corrected chi connectivity index (χ2v) is 1.71. The van der Waals surface area contributed by atoms with Gasteiger partial charge in [-0.3, -0.25) is 0 Å². The van der Waals surface area contributed by atoms with Crippen LogP contribution >= 0.6 is 0 Å². The molecule has 0 unspecified atom stereocenters. The molecule has 2 heterocycles. The van der Waals surface area contributed by atoms with Crippen LogP contribution in [0.4, 0.5) is 0 Å². The molecule has 2 aromatic heterocycles. The lowest BCUT2D eigenvalue weighted by molar-refractivity contribution is 0.448. The van der Waals surface area contributed by atoms with Crippen LogP contribution in [0.15, 0.2) is 28.7 Å². The maximum Gasteiger partial charge on any atom is 0.432 e. The summed E-state index contributed by atoms with van der Waals surface area (Å²) in [7, 11) is -0.750. The van der Waals surface area contributed by atoms with Gasteiger partial charge < -0.3 is 14.5 Å². The Bertz CT molecular complexity index is 222. The standard InChI is InChI=1S/C6H4O.BH3O2/c1-2-6-4-3-5(1)7-6;2-1-3/h1-4H;1-3H. The predicted molar refractivity (Wildman–Crippen MR) is 39.0 cm³/mol. The molecule has 52 valence electrons. The van der Waals surface area contributed by atoms with Crippen molar-refractivity contribution in [2.45, 2.75) is 0 Å². The molecule has 0 aromatic carbocycles. The minimum Gasteiger partial charge on any atom is -0.457 e. The Morgan fingerprint density at radius 3 is 1.40 bits per heavy atom. The Morgan fingerprint density at radius 1 is 1.00 bits per heavy atom.